The Kier molecular flexibility index (Phi) is 6.84. The maximum absolute atomic E-state index is 14.6. The van der Waals surface area contributed by atoms with Crippen LogP contribution >= 0.6 is 0 Å². The van der Waals surface area contributed by atoms with Crippen LogP contribution in [0.15, 0.2) is 160 Å². The first-order valence-corrected chi connectivity index (χ1v) is 19.2. The Labute approximate surface area is 337 Å². The zero-order valence-electron chi connectivity index (χ0n) is 31.2. The molecule has 0 unspecified atom stereocenters. The van der Waals surface area contributed by atoms with Crippen molar-refractivity contribution >= 4 is 87.5 Å². The fraction of sp³-hybridized carbons (Fsp3) is 0.0196. The zero-order chi connectivity index (χ0) is 40.4. The van der Waals surface area contributed by atoms with Crippen LogP contribution < -0.4 is 0 Å². The van der Waals surface area contributed by atoms with Crippen LogP contribution in [0, 0.1) is 22.7 Å². The molecule has 0 aliphatic rings. The van der Waals surface area contributed by atoms with Crippen LogP contribution in [-0.2, 0) is 6.18 Å². The predicted molar refractivity (Wildman–Crippen MR) is 230 cm³/mol. The smallest absolute Gasteiger partial charge is 0.416 e. The molecule has 0 aliphatic carbocycles. The third-order valence-electron chi connectivity index (χ3n) is 11.8. The van der Waals surface area contributed by atoms with Gasteiger partial charge in [-0.25, -0.2) is 0 Å². The van der Waals surface area contributed by atoms with Gasteiger partial charge in [-0.1, -0.05) is 78.9 Å². The summed E-state index contributed by atoms with van der Waals surface area (Å²) in [7, 11) is 0. The summed E-state index contributed by atoms with van der Waals surface area (Å²) in [5.74, 6) is 0. The molecular formula is C51H25F3N4O2. The second kappa shape index (κ2) is 12.1. The van der Waals surface area contributed by atoms with Crippen LogP contribution in [0.1, 0.15) is 16.7 Å². The number of hydrogen-bond donors (Lipinski definition) is 0. The lowest BCUT2D eigenvalue weighted by molar-refractivity contribution is -0.137. The lowest BCUT2D eigenvalue weighted by Gasteiger charge is -2.21. The van der Waals surface area contributed by atoms with Crippen LogP contribution in [-0.4, -0.2) is 9.13 Å². The number of aromatic nitrogens is 2. The fourth-order valence-electron chi connectivity index (χ4n) is 9.37. The minimum atomic E-state index is -4.74. The van der Waals surface area contributed by atoms with Crippen molar-refractivity contribution in [1.29, 1.82) is 10.5 Å². The highest BCUT2D eigenvalue weighted by Crippen LogP contribution is 2.47. The maximum Gasteiger partial charge on any atom is 0.416 e. The van der Waals surface area contributed by atoms with Crippen molar-refractivity contribution < 1.29 is 22.0 Å². The van der Waals surface area contributed by atoms with Crippen LogP contribution in [0.2, 0.25) is 0 Å². The van der Waals surface area contributed by atoms with Crippen molar-refractivity contribution in [2.75, 3.05) is 0 Å². The lowest BCUT2D eigenvalue weighted by Crippen LogP contribution is -2.08. The SMILES string of the molecule is N#Cc1cc(-c2ccc(-n3c4ccccc4c4ccc5oc6ccccc6c5c43)c(C#N)c2-n2c3ccccc3c3ccc4oc5ccccc5c4c32)cc(C(F)(F)F)c1. The van der Waals surface area contributed by atoms with Gasteiger partial charge in [0.05, 0.1) is 61.4 Å². The molecule has 282 valence electrons. The van der Waals surface area contributed by atoms with E-state index >= 15 is 0 Å². The maximum atomic E-state index is 14.6. The van der Waals surface area contributed by atoms with Gasteiger partial charge < -0.3 is 18.0 Å². The molecule has 0 aliphatic heterocycles. The van der Waals surface area contributed by atoms with E-state index < -0.39 is 11.7 Å². The summed E-state index contributed by atoms with van der Waals surface area (Å²) < 4.78 is 60.6. The number of halogens is 3. The molecule has 8 aromatic carbocycles. The van der Waals surface area contributed by atoms with E-state index in [1.165, 1.54) is 6.07 Å². The molecular weight excluding hydrogens is 758 g/mol. The molecule has 0 N–H and O–H groups in total. The van der Waals surface area contributed by atoms with Gasteiger partial charge in [0.25, 0.3) is 0 Å². The van der Waals surface area contributed by atoms with E-state index in [1.54, 1.807) is 12.1 Å². The van der Waals surface area contributed by atoms with Crippen molar-refractivity contribution in [2.45, 2.75) is 6.18 Å². The van der Waals surface area contributed by atoms with Crippen molar-refractivity contribution in [1.82, 2.24) is 9.13 Å². The minimum Gasteiger partial charge on any atom is -0.456 e. The molecule has 0 saturated heterocycles. The van der Waals surface area contributed by atoms with Gasteiger partial charge in [-0.3, -0.25) is 0 Å². The number of nitrogens with zero attached hydrogens (tertiary/aromatic N) is 4. The number of rotatable bonds is 3. The van der Waals surface area contributed by atoms with Gasteiger partial charge in [0, 0.05) is 37.9 Å². The molecule has 0 saturated carbocycles. The number of nitriles is 2. The third kappa shape index (κ3) is 4.57. The van der Waals surface area contributed by atoms with E-state index in [-0.39, 0.29) is 16.7 Å². The highest BCUT2D eigenvalue weighted by atomic mass is 19.4. The van der Waals surface area contributed by atoms with Crippen LogP contribution in [0.3, 0.4) is 0 Å². The average molecular weight is 783 g/mol. The Balaban J connectivity index is 1.32. The highest BCUT2D eigenvalue weighted by Gasteiger charge is 2.33. The van der Waals surface area contributed by atoms with E-state index in [0.29, 0.717) is 39.3 Å². The number of alkyl halides is 3. The fourth-order valence-corrected chi connectivity index (χ4v) is 9.37. The van der Waals surface area contributed by atoms with E-state index in [0.717, 1.165) is 77.3 Å². The van der Waals surface area contributed by atoms with Gasteiger partial charge in [-0.2, -0.15) is 23.7 Å². The van der Waals surface area contributed by atoms with Crippen LogP contribution in [0.5, 0.6) is 0 Å². The molecule has 0 atom stereocenters. The average Bonchev–Trinajstić information content (AvgIpc) is 4.02. The Morgan fingerprint density at radius 3 is 1.58 bits per heavy atom. The van der Waals surface area contributed by atoms with Crippen LogP contribution in [0.25, 0.3) is 110 Å². The molecule has 0 radical (unpaired) electrons. The summed E-state index contributed by atoms with van der Waals surface area (Å²) in [6.45, 7) is 0. The first kappa shape index (κ1) is 33.8. The molecule has 12 aromatic rings. The Morgan fingerprint density at radius 2 is 1.02 bits per heavy atom. The molecule has 0 bridgehead atoms. The van der Waals surface area contributed by atoms with Gasteiger partial charge in [0.15, 0.2) is 0 Å². The quantitative estimate of drug-likeness (QED) is 0.179. The van der Waals surface area contributed by atoms with E-state index in [1.807, 2.05) is 132 Å². The summed E-state index contributed by atoms with van der Waals surface area (Å²) in [5.41, 5.74) is 6.24. The largest absolute Gasteiger partial charge is 0.456 e. The Hall–Kier alpha value is -8.27. The Bertz CT molecular complexity index is 3920. The number of furan rings is 2. The molecule has 9 heteroatoms. The van der Waals surface area contributed by atoms with Crippen molar-refractivity contribution in [3.05, 3.63) is 168 Å². The van der Waals surface area contributed by atoms with Crippen molar-refractivity contribution in [2.24, 2.45) is 0 Å². The molecule has 60 heavy (non-hydrogen) atoms. The van der Waals surface area contributed by atoms with Gasteiger partial charge in [-0.15, -0.1) is 0 Å². The summed E-state index contributed by atoms with van der Waals surface area (Å²) in [6, 6.07) is 50.7. The summed E-state index contributed by atoms with van der Waals surface area (Å²) in [5, 5.41) is 28.8. The van der Waals surface area contributed by atoms with Crippen molar-refractivity contribution in [3.8, 4) is 34.6 Å². The van der Waals surface area contributed by atoms with E-state index in [2.05, 4.69) is 10.6 Å². The van der Waals surface area contributed by atoms with E-state index in [9.17, 15) is 23.7 Å². The molecule has 12 rings (SSSR count). The standard InChI is InChI=1S/C51H25F3N4O2/c52-51(53,54)30-24-28(26-55)23-29(25-30)31-17-20-41(57-39-13-5-1-9-32(39)34-18-21-44-46(49(34)57)36-11-3-7-15-42(36)59-44)38(27-56)48(31)58-40-14-6-2-10-33(40)35-19-22-45-47(50(35)58)37-12-4-8-16-43(37)60-45/h1-25H. The Morgan fingerprint density at radius 1 is 0.483 bits per heavy atom. The summed E-state index contributed by atoms with van der Waals surface area (Å²) >= 11 is 0. The molecule has 6 nitrogen and oxygen atoms in total. The second-order valence-electron chi connectivity index (χ2n) is 14.9. The third-order valence-corrected chi connectivity index (χ3v) is 11.8. The van der Waals surface area contributed by atoms with Gasteiger partial charge >= 0.3 is 6.18 Å². The van der Waals surface area contributed by atoms with Gasteiger partial charge in [0.2, 0.25) is 0 Å². The first-order valence-electron chi connectivity index (χ1n) is 19.2. The normalized spacial score (nSPS) is 12.2. The number of fused-ring (bicyclic) bond motifs is 14. The van der Waals surface area contributed by atoms with Gasteiger partial charge in [0.1, 0.15) is 34.0 Å². The zero-order valence-corrected chi connectivity index (χ0v) is 31.2. The monoisotopic (exact) mass is 782 g/mol. The molecule has 4 heterocycles. The summed E-state index contributed by atoms with van der Waals surface area (Å²) in [4.78, 5) is 0. The topological polar surface area (TPSA) is 83.7 Å². The second-order valence-corrected chi connectivity index (χ2v) is 14.9. The molecule has 0 amide bonds. The van der Waals surface area contributed by atoms with Gasteiger partial charge in [-0.05, 0) is 78.4 Å². The number of para-hydroxylation sites is 4. The predicted octanol–water partition coefficient (Wildman–Crippen LogP) is 14.1. The summed E-state index contributed by atoms with van der Waals surface area (Å²) in [6.07, 6.45) is -4.74. The van der Waals surface area contributed by atoms with Crippen LogP contribution in [0.4, 0.5) is 13.2 Å². The first-order chi connectivity index (χ1) is 29.3. The lowest BCUT2D eigenvalue weighted by atomic mass is 9.95. The number of benzene rings is 8. The molecule has 0 fully saturated rings. The highest BCUT2D eigenvalue weighted by molar-refractivity contribution is 6.26. The van der Waals surface area contributed by atoms with E-state index in [4.69, 9.17) is 8.83 Å². The molecule has 4 aromatic heterocycles. The molecule has 0 spiro atoms. The minimum absolute atomic E-state index is 0.139. The van der Waals surface area contributed by atoms with Crippen molar-refractivity contribution in [3.63, 3.8) is 0 Å². The number of hydrogen-bond acceptors (Lipinski definition) is 4.